The SMILES string of the molecule is CC(=O)Nc1ccc(-c2nccn2[C@@H]2CS(=O)(=O)C[C@H]2O)cc1. The van der Waals surface area contributed by atoms with Gasteiger partial charge < -0.3 is 15.0 Å². The minimum atomic E-state index is -3.24. The van der Waals surface area contributed by atoms with Gasteiger partial charge in [-0.15, -0.1) is 0 Å². The van der Waals surface area contributed by atoms with E-state index in [4.69, 9.17) is 0 Å². The van der Waals surface area contributed by atoms with Gasteiger partial charge in [0.25, 0.3) is 0 Å². The quantitative estimate of drug-likeness (QED) is 0.865. The van der Waals surface area contributed by atoms with Gasteiger partial charge in [0.05, 0.1) is 23.7 Å². The molecule has 0 saturated carbocycles. The van der Waals surface area contributed by atoms with E-state index >= 15 is 0 Å². The number of aliphatic hydroxyl groups is 1. The van der Waals surface area contributed by atoms with Crippen LogP contribution >= 0.6 is 0 Å². The number of benzene rings is 1. The van der Waals surface area contributed by atoms with E-state index in [1.807, 2.05) is 0 Å². The van der Waals surface area contributed by atoms with Crippen molar-refractivity contribution < 1.29 is 18.3 Å². The number of amides is 1. The number of carbonyl (C=O) groups is 1. The summed E-state index contributed by atoms with van der Waals surface area (Å²) in [5, 5.41) is 12.7. The Hall–Kier alpha value is -2.19. The smallest absolute Gasteiger partial charge is 0.221 e. The lowest BCUT2D eigenvalue weighted by atomic mass is 10.1. The highest BCUT2D eigenvalue weighted by Gasteiger charge is 2.38. The number of sulfone groups is 1. The highest BCUT2D eigenvalue weighted by molar-refractivity contribution is 7.91. The Balaban J connectivity index is 1.91. The van der Waals surface area contributed by atoms with Crippen LogP contribution in [0.4, 0.5) is 5.69 Å². The molecule has 2 N–H and O–H groups in total. The van der Waals surface area contributed by atoms with Crippen molar-refractivity contribution in [1.29, 1.82) is 0 Å². The second-order valence-electron chi connectivity index (χ2n) is 5.63. The average molecular weight is 335 g/mol. The van der Waals surface area contributed by atoms with E-state index in [0.717, 1.165) is 5.56 Å². The molecule has 1 fully saturated rings. The third-order valence-corrected chi connectivity index (χ3v) is 5.48. The van der Waals surface area contributed by atoms with Crippen LogP contribution in [-0.2, 0) is 14.6 Å². The molecule has 2 atom stereocenters. The lowest BCUT2D eigenvalue weighted by Crippen LogP contribution is -2.22. The molecule has 3 rings (SSSR count). The maximum atomic E-state index is 11.7. The summed E-state index contributed by atoms with van der Waals surface area (Å²) in [5.41, 5.74) is 1.45. The van der Waals surface area contributed by atoms with Gasteiger partial charge in [-0.05, 0) is 24.3 Å². The molecule has 0 spiro atoms. The van der Waals surface area contributed by atoms with Crippen LogP contribution in [0.2, 0.25) is 0 Å². The molecule has 0 bridgehead atoms. The molecule has 1 aromatic heterocycles. The molecule has 0 unspecified atom stereocenters. The third-order valence-electron chi connectivity index (χ3n) is 3.78. The lowest BCUT2D eigenvalue weighted by molar-refractivity contribution is -0.114. The number of aliphatic hydroxyl groups excluding tert-OH is 1. The van der Waals surface area contributed by atoms with Crippen LogP contribution in [0.5, 0.6) is 0 Å². The van der Waals surface area contributed by atoms with Crippen LogP contribution in [0, 0.1) is 0 Å². The summed E-state index contributed by atoms with van der Waals surface area (Å²) >= 11 is 0. The second-order valence-corrected chi connectivity index (χ2v) is 7.78. The monoisotopic (exact) mass is 335 g/mol. The van der Waals surface area contributed by atoms with E-state index in [1.165, 1.54) is 6.92 Å². The van der Waals surface area contributed by atoms with Gasteiger partial charge in [0.15, 0.2) is 9.84 Å². The van der Waals surface area contributed by atoms with Gasteiger partial charge in [-0.1, -0.05) is 0 Å². The molecule has 8 heteroatoms. The van der Waals surface area contributed by atoms with Crippen LogP contribution in [0.3, 0.4) is 0 Å². The minimum absolute atomic E-state index is 0.0957. The summed E-state index contributed by atoms with van der Waals surface area (Å²) in [6, 6.07) is 6.54. The van der Waals surface area contributed by atoms with Crippen molar-refractivity contribution in [2.45, 2.75) is 19.1 Å². The van der Waals surface area contributed by atoms with Gasteiger partial charge in [-0.25, -0.2) is 13.4 Å². The highest BCUT2D eigenvalue weighted by Crippen LogP contribution is 2.29. The summed E-state index contributed by atoms with van der Waals surface area (Å²) in [4.78, 5) is 15.3. The second kappa shape index (κ2) is 5.78. The molecule has 0 aliphatic carbocycles. The van der Waals surface area contributed by atoms with Crippen LogP contribution < -0.4 is 5.32 Å². The number of nitrogens with zero attached hydrogens (tertiary/aromatic N) is 2. The van der Waals surface area contributed by atoms with Crippen molar-refractivity contribution >= 4 is 21.4 Å². The topological polar surface area (TPSA) is 101 Å². The Morgan fingerprint density at radius 3 is 2.57 bits per heavy atom. The average Bonchev–Trinajstić information content (AvgIpc) is 3.03. The van der Waals surface area contributed by atoms with E-state index in [9.17, 15) is 18.3 Å². The first-order chi connectivity index (χ1) is 10.9. The van der Waals surface area contributed by atoms with Gasteiger partial charge in [-0.3, -0.25) is 4.79 Å². The zero-order valence-electron chi connectivity index (χ0n) is 12.5. The first kappa shape index (κ1) is 15.7. The first-order valence-corrected chi connectivity index (χ1v) is 8.97. The third kappa shape index (κ3) is 3.27. The molecule has 2 heterocycles. The molecule has 1 amide bonds. The fraction of sp³-hybridized carbons (Fsp3) is 0.333. The van der Waals surface area contributed by atoms with Crippen molar-refractivity contribution in [3.05, 3.63) is 36.7 Å². The maximum Gasteiger partial charge on any atom is 0.221 e. The fourth-order valence-electron chi connectivity index (χ4n) is 2.79. The zero-order chi connectivity index (χ0) is 16.6. The zero-order valence-corrected chi connectivity index (χ0v) is 13.3. The van der Waals surface area contributed by atoms with Gasteiger partial charge in [0, 0.05) is 30.6 Å². The van der Waals surface area contributed by atoms with Gasteiger partial charge >= 0.3 is 0 Å². The van der Waals surface area contributed by atoms with Crippen molar-refractivity contribution in [2.24, 2.45) is 0 Å². The van der Waals surface area contributed by atoms with Crippen LogP contribution in [0.15, 0.2) is 36.7 Å². The Morgan fingerprint density at radius 2 is 2.00 bits per heavy atom. The van der Waals surface area contributed by atoms with Crippen molar-refractivity contribution in [3.8, 4) is 11.4 Å². The summed E-state index contributed by atoms with van der Waals surface area (Å²) < 4.78 is 25.1. The van der Waals surface area contributed by atoms with E-state index in [0.29, 0.717) is 11.5 Å². The van der Waals surface area contributed by atoms with Crippen LogP contribution in [0.25, 0.3) is 11.4 Å². The number of rotatable bonds is 3. The molecule has 1 saturated heterocycles. The summed E-state index contributed by atoms with van der Waals surface area (Å²) in [6.07, 6.45) is 2.31. The van der Waals surface area contributed by atoms with Crippen molar-refractivity contribution in [3.63, 3.8) is 0 Å². The number of imidazole rings is 1. The molecular weight excluding hydrogens is 318 g/mol. The van der Waals surface area contributed by atoms with Gasteiger partial charge in [0.1, 0.15) is 5.82 Å². The molecule has 0 radical (unpaired) electrons. The number of nitrogens with one attached hydrogen (secondary N) is 1. The summed E-state index contributed by atoms with van der Waals surface area (Å²) in [5.74, 6) is 0.109. The van der Waals surface area contributed by atoms with E-state index < -0.39 is 22.0 Å². The molecule has 1 aliphatic heterocycles. The Morgan fingerprint density at radius 1 is 1.30 bits per heavy atom. The van der Waals surface area contributed by atoms with Crippen LogP contribution in [-0.4, -0.2) is 46.6 Å². The number of aromatic nitrogens is 2. The largest absolute Gasteiger partial charge is 0.390 e. The number of carbonyl (C=O) groups excluding carboxylic acids is 1. The highest BCUT2D eigenvalue weighted by atomic mass is 32.2. The summed E-state index contributed by atoms with van der Waals surface area (Å²) in [7, 11) is -3.24. The fourth-order valence-corrected chi connectivity index (χ4v) is 4.57. The number of hydrogen-bond acceptors (Lipinski definition) is 5. The normalized spacial score (nSPS) is 22.9. The predicted molar refractivity (Wildman–Crippen MR) is 85.7 cm³/mol. The predicted octanol–water partition coefficient (Wildman–Crippen LogP) is 0.839. The maximum absolute atomic E-state index is 11.7. The number of hydrogen-bond donors (Lipinski definition) is 2. The van der Waals surface area contributed by atoms with Crippen LogP contribution in [0.1, 0.15) is 13.0 Å². The molecule has 2 aromatic rings. The Bertz CT molecular complexity index is 827. The van der Waals surface area contributed by atoms with Gasteiger partial charge in [-0.2, -0.15) is 0 Å². The molecule has 1 aliphatic rings. The minimum Gasteiger partial charge on any atom is -0.390 e. The van der Waals surface area contributed by atoms with Crippen molar-refractivity contribution in [2.75, 3.05) is 16.8 Å². The Kier molecular flexibility index (Phi) is 3.95. The first-order valence-electron chi connectivity index (χ1n) is 7.15. The van der Waals surface area contributed by atoms with Crippen molar-refractivity contribution in [1.82, 2.24) is 9.55 Å². The molecule has 122 valence electrons. The molecule has 23 heavy (non-hydrogen) atoms. The summed E-state index contributed by atoms with van der Waals surface area (Å²) in [6.45, 7) is 1.43. The molecule has 7 nitrogen and oxygen atoms in total. The van der Waals surface area contributed by atoms with E-state index in [-0.39, 0.29) is 17.4 Å². The number of anilines is 1. The molecular formula is C15H17N3O4S. The lowest BCUT2D eigenvalue weighted by Gasteiger charge is -2.17. The van der Waals surface area contributed by atoms with E-state index in [1.54, 1.807) is 41.2 Å². The van der Waals surface area contributed by atoms with Gasteiger partial charge in [0.2, 0.25) is 5.91 Å². The molecule has 1 aromatic carbocycles. The Labute approximate surface area is 133 Å². The van der Waals surface area contributed by atoms with E-state index in [2.05, 4.69) is 10.3 Å². The standard InChI is InChI=1S/C15H17N3O4S/c1-10(19)17-12-4-2-11(3-5-12)15-16-6-7-18(15)13-8-23(21,22)9-14(13)20/h2-7,13-14,20H,8-9H2,1H3,(H,17,19)/t13-,14-/m1/s1.